The van der Waals surface area contributed by atoms with Crippen molar-refractivity contribution >= 4 is 23.2 Å². The van der Waals surface area contributed by atoms with E-state index < -0.39 is 6.09 Å². The average Bonchev–Trinajstić information content (AvgIpc) is 2.94. The number of hydrogen-bond donors (Lipinski definition) is 1. The van der Waals surface area contributed by atoms with Crippen LogP contribution in [-0.4, -0.2) is 30.6 Å². The summed E-state index contributed by atoms with van der Waals surface area (Å²) in [5, 5.41) is 5.04. The topological polar surface area (TPSA) is 64.8 Å². The van der Waals surface area contributed by atoms with Gasteiger partial charge in [-0.25, -0.2) is 10.2 Å². The maximum absolute atomic E-state index is 11.2. The highest BCUT2D eigenvalue weighted by Gasteiger charge is 2.12. The molecule has 0 spiro atoms. The Morgan fingerprint density at radius 1 is 1.15 bits per heavy atom. The Hall–Kier alpha value is -3.28. The van der Waals surface area contributed by atoms with Crippen LogP contribution in [0.2, 0.25) is 0 Å². The Balaban J connectivity index is 1.81. The number of amides is 1. The smallest absolute Gasteiger partial charge is 0.427 e. The summed E-state index contributed by atoms with van der Waals surface area (Å²) in [7, 11) is 1.30. The summed E-state index contributed by atoms with van der Waals surface area (Å²) in [5.74, 6) is 0.852. The van der Waals surface area contributed by atoms with Crippen LogP contribution in [0.4, 0.5) is 4.79 Å². The Kier molecular flexibility index (Phi) is 5.53. The number of hydrogen-bond acceptors (Lipinski definition) is 4. The molecule has 1 N–H and O–H groups in total. The lowest BCUT2D eigenvalue weighted by Gasteiger charge is -2.10. The van der Waals surface area contributed by atoms with E-state index in [1.165, 1.54) is 7.11 Å². The van der Waals surface area contributed by atoms with Crippen molar-refractivity contribution in [1.29, 1.82) is 0 Å². The summed E-state index contributed by atoms with van der Waals surface area (Å²) in [4.78, 5) is 11.2. The number of methoxy groups -OCH3 is 1. The van der Waals surface area contributed by atoms with Crippen molar-refractivity contribution in [3.05, 3.63) is 65.9 Å². The van der Waals surface area contributed by atoms with Crippen LogP contribution in [0.3, 0.4) is 0 Å². The summed E-state index contributed by atoms with van der Waals surface area (Å²) in [6, 6.07) is 17.8. The maximum Gasteiger partial charge on any atom is 0.427 e. The lowest BCUT2D eigenvalue weighted by molar-refractivity contribution is 0.171. The van der Waals surface area contributed by atoms with Crippen LogP contribution in [0.25, 0.3) is 10.9 Å². The molecule has 134 valence electrons. The van der Waals surface area contributed by atoms with E-state index in [1.54, 1.807) is 6.21 Å². The van der Waals surface area contributed by atoms with Crippen LogP contribution in [0.1, 0.15) is 11.3 Å². The minimum Gasteiger partial charge on any atom is -0.492 e. The molecule has 0 saturated carbocycles. The van der Waals surface area contributed by atoms with Gasteiger partial charge in [-0.05, 0) is 25.1 Å². The molecule has 3 aromatic rings. The number of benzene rings is 2. The largest absolute Gasteiger partial charge is 0.492 e. The number of rotatable bonds is 6. The minimum absolute atomic E-state index is 0.556. The van der Waals surface area contributed by atoms with Crippen molar-refractivity contribution in [3.63, 3.8) is 0 Å². The van der Waals surface area contributed by atoms with E-state index in [4.69, 9.17) is 4.74 Å². The number of carbonyl (C=O) groups is 1. The van der Waals surface area contributed by atoms with E-state index in [0.717, 1.165) is 27.9 Å². The molecule has 0 unspecified atom stereocenters. The third-order valence-corrected chi connectivity index (χ3v) is 4.14. The molecular weight excluding hydrogens is 330 g/mol. The number of ether oxygens (including phenoxy) is 2. The fourth-order valence-corrected chi connectivity index (χ4v) is 2.88. The van der Waals surface area contributed by atoms with Gasteiger partial charge in [0, 0.05) is 22.2 Å². The summed E-state index contributed by atoms with van der Waals surface area (Å²) < 4.78 is 12.5. The molecule has 0 aliphatic rings. The first-order chi connectivity index (χ1) is 12.7. The monoisotopic (exact) mass is 351 g/mol. The molecule has 0 bridgehead atoms. The fourth-order valence-electron chi connectivity index (χ4n) is 2.88. The van der Waals surface area contributed by atoms with Crippen molar-refractivity contribution in [2.24, 2.45) is 5.10 Å². The minimum atomic E-state index is -0.598. The molecule has 0 radical (unpaired) electrons. The lowest BCUT2D eigenvalue weighted by Crippen LogP contribution is -2.16. The highest BCUT2D eigenvalue weighted by atomic mass is 16.5. The molecule has 1 heterocycles. The number of fused-ring (bicyclic) bond motifs is 1. The molecule has 1 amide bonds. The van der Waals surface area contributed by atoms with Crippen molar-refractivity contribution in [2.45, 2.75) is 13.5 Å². The van der Waals surface area contributed by atoms with E-state index in [1.807, 2.05) is 55.5 Å². The Bertz CT molecular complexity index is 917. The fraction of sp³-hybridized carbons (Fsp3) is 0.200. The molecule has 3 rings (SSSR count). The van der Waals surface area contributed by atoms with Crippen LogP contribution in [0, 0.1) is 6.92 Å². The van der Waals surface area contributed by atoms with Crippen molar-refractivity contribution in [1.82, 2.24) is 9.99 Å². The molecular formula is C20H21N3O3. The number of para-hydroxylation sites is 2. The Morgan fingerprint density at radius 2 is 1.88 bits per heavy atom. The summed E-state index contributed by atoms with van der Waals surface area (Å²) >= 11 is 0. The van der Waals surface area contributed by atoms with Crippen LogP contribution in [0.15, 0.2) is 59.7 Å². The van der Waals surface area contributed by atoms with Crippen molar-refractivity contribution in [2.75, 3.05) is 13.7 Å². The molecule has 6 heteroatoms. The third kappa shape index (κ3) is 3.85. The van der Waals surface area contributed by atoms with E-state index in [0.29, 0.717) is 13.2 Å². The molecule has 0 fully saturated rings. The highest BCUT2D eigenvalue weighted by molar-refractivity contribution is 6.01. The second kappa shape index (κ2) is 8.20. The van der Waals surface area contributed by atoms with Crippen LogP contribution in [0.5, 0.6) is 5.75 Å². The zero-order valence-corrected chi connectivity index (χ0v) is 14.8. The van der Waals surface area contributed by atoms with Gasteiger partial charge in [0.2, 0.25) is 0 Å². The van der Waals surface area contributed by atoms with Gasteiger partial charge in [0.1, 0.15) is 12.4 Å². The summed E-state index contributed by atoms with van der Waals surface area (Å²) in [5.41, 5.74) is 5.43. The second-order valence-corrected chi connectivity index (χ2v) is 5.69. The second-order valence-electron chi connectivity index (χ2n) is 5.69. The zero-order chi connectivity index (χ0) is 18.4. The normalized spacial score (nSPS) is 11.0. The van der Waals surface area contributed by atoms with E-state index in [-0.39, 0.29) is 0 Å². The Morgan fingerprint density at radius 3 is 2.65 bits per heavy atom. The van der Waals surface area contributed by atoms with Gasteiger partial charge >= 0.3 is 6.09 Å². The van der Waals surface area contributed by atoms with Gasteiger partial charge in [-0.2, -0.15) is 5.10 Å². The van der Waals surface area contributed by atoms with E-state index in [2.05, 4.69) is 25.9 Å². The number of carbonyl (C=O) groups excluding carboxylic acids is 1. The number of nitrogens with one attached hydrogen (secondary N) is 1. The first kappa shape index (κ1) is 17.5. The van der Waals surface area contributed by atoms with Crippen molar-refractivity contribution < 1.29 is 14.3 Å². The predicted molar refractivity (Wildman–Crippen MR) is 102 cm³/mol. The molecule has 0 aliphatic carbocycles. The zero-order valence-electron chi connectivity index (χ0n) is 14.8. The molecule has 26 heavy (non-hydrogen) atoms. The van der Waals surface area contributed by atoms with Gasteiger partial charge in [0.25, 0.3) is 0 Å². The van der Waals surface area contributed by atoms with Gasteiger partial charge in [0.05, 0.1) is 19.9 Å². The van der Waals surface area contributed by atoms with E-state index >= 15 is 0 Å². The lowest BCUT2D eigenvalue weighted by atomic mass is 10.1. The third-order valence-electron chi connectivity index (χ3n) is 4.14. The highest BCUT2D eigenvalue weighted by Crippen LogP contribution is 2.24. The quantitative estimate of drug-likeness (QED) is 0.544. The maximum atomic E-state index is 11.2. The first-order valence-corrected chi connectivity index (χ1v) is 8.33. The van der Waals surface area contributed by atoms with Gasteiger partial charge in [-0.3, -0.25) is 0 Å². The summed E-state index contributed by atoms with van der Waals surface area (Å²) in [6.07, 6.45) is 1.04. The van der Waals surface area contributed by atoms with Gasteiger partial charge in [-0.1, -0.05) is 36.4 Å². The molecule has 6 nitrogen and oxygen atoms in total. The summed E-state index contributed by atoms with van der Waals surface area (Å²) in [6.45, 7) is 3.29. The number of nitrogens with zero attached hydrogens (tertiary/aromatic N) is 2. The average molecular weight is 351 g/mol. The Labute approximate surface area is 152 Å². The standard InChI is InChI=1S/C20H21N3O3/c1-15-18(14-21-22-20(24)25-2)17-10-6-7-11-19(17)23(15)12-13-26-16-8-4-3-5-9-16/h3-11,14H,12-13H2,1-2H3,(H,22,24). The van der Waals surface area contributed by atoms with E-state index in [9.17, 15) is 4.79 Å². The molecule has 1 aromatic heterocycles. The molecule has 0 aliphatic heterocycles. The first-order valence-electron chi connectivity index (χ1n) is 8.33. The molecule has 2 aromatic carbocycles. The van der Waals surface area contributed by atoms with Crippen LogP contribution >= 0.6 is 0 Å². The molecule has 0 saturated heterocycles. The van der Waals surface area contributed by atoms with Gasteiger partial charge < -0.3 is 14.0 Å². The number of hydrazone groups is 1. The SMILES string of the molecule is COC(=O)NN=Cc1c(C)n(CCOc2ccccc2)c2ccccc12. The van der Waals surface area contributed by atoms with Crippen LogP contribution < -0.4 is 10.2 Å². The predicted octanol–water partition coefficient (Wildman–Crippen LogP) is 3.72. The number of aromatic nitrogens is 1. The van der Waals surface area contributed by atoms with Gasteiger partial charge in [-0.15, -0.1) is 0 Å². The van der Waals surface area contributed by atoms with Crippen molar-refractivity contribution in [3.8, 4) is 5.75 Å². The van der Waals surface area contributed by atoms with Gasteiger partial charge in [0.15, 0.2) is 0 Å². The van der Waals surface area contributed by atoms with Crippen LogP contribution in [-0.2, 0) is 11.3 Å². The molecule has 0 atom stereocenters.